The molecule has 0 heterocycles. The first-order chi connectivity index (χ1) is 23.2. The second kappa shape index (κ2) is 32.6. The predicted molar refractivity (Wildman–Crippen MR) is 202 cm³/mol. The third kappa shape index (κ3) is 24.5. The SMILES string of the molecule is CCCCCCCCC(CCCCCC)C(=O)OCCN(CCOC(=O)C(CCCCCC)CCCCCCCC)C(=O)C(C)N(C)C. The molecule has 3 unspecified atom stereocenters. The minimum Gasteiger partial charge on any atom is -0.464 e. The summed E-state index contributed by atoms with van der Waals surface area (Å²) in [6.07, 6.45) is 27.2. The summed E-state index contributed by atoms with van der Waals surface area (Å²) in [6, 6.07) is -0.325. The van der Waals surface area contributed by atoms with E-state index in [9.17, 15) is 14.4 Å². The van der Waals surface area contributed by atoms with E-state index in [1.54, 1.807) is 4.90 Å². The first kappa shape index (κ1) is 46.4. The molecule has 0 aliphatic rings. The van der Waals surface area contributed by atoms with Crippen molar-refractivity contribution in [3.05, 3.63) is 0 Å². The number of hydrogen-bond donors (Lipinski definition) is 0. The van der Waals surface area contributed by atoms with Gasteiger partial charge in [-0.25, -0.2) is 0 Å². The Labute approximate surface area is 298 Å². The van der Waals surface area contributed by atoms with Gasteiger partial charge in [0.15, 0.2) is 0 Å². The van der Waals surface area contributed by atoms with Gasteiger partial charge in [0.1, 0.15) is 13.2 Å². The third-order valence-corrected chi connectivity index (χ3v) is 9.95. The molecule has 0 rings (SSSR count). The quantitative estimate of drug-likeness (QED) is 0.0497. The minimum absolute atomic E-state index is 0.0431. The molecule has 0 N–H and O–H groups in total. The highest BCUT2D eigenvalue weighted by Crippen LogP contribution is 2.22. The molecule has 0 aromatic rings. The van der Waals surface area contributed by atoms with Crippen molar-refractivity contribution in [2.24, 2.45) is 11.8 Å². The maximum Gasteiger partial charge on any atom is 0.308 e. The Morgan fingerprint density at radius 1 is 0.479 bits per heavy atom. The molecule has 0 saturated heterocycles. The molecule has 1 amide bonds. The van der Waals surface area contributed by atoms with Crippen molar-refractivity contribution in [2.45, 2.75) is 195 Å². The number of amides is 1. The molecule has 0 spiro atoms. The number of esters is 2. The van der Waals surface area contributed by atoms with E-state index < -0.39 is 0 Å². The lowest BCUT2D eigenvalue weighted by atomic mass is 9.94. The zero-order valence-corrected chi connectivity index (χ0v) is 33.0. The molecule has 0 aliphatic carbocycles. The topological polar surface area (TPSA) is 76.1 Å². The maximum atomic E-state index is 13.4. The standard InChI is InChI=1S/C41H80N2O5/c1-8-12-16-20-22-26-30-37(28-24-18-14-10-3)40(45)47-34-32-43(39(44)36(5)42(6)7)33-35-48-41(46)38(29-25-19-15-11-4)31-27-23-21-17-13-9-2/h36-38H,8-35H2,1-7H3. The fourth-order valence-electron chi connectivity index (χ4n) is 6.30. The maximum absolute atomic E-state index is 13.4. The van der Waals surface area contributed by atoms with Crippen LogP contribution in [0.1, 0.15) is 189 Å². The Bertz CT molecular complexity index is 724. The van der Waals surface area contributed by atoms with Crippen LogP contribution in [-0.2, 0) is 23.9 Å². The van der Waals surface area contributed by atoms with Crippen LogP contribution in [-0.4, -0.2) is 74.1 Å². The predicted octanol–water partition coefficient (Wildman–Crippen LogP) is 10.5. The Balaban J connectivity index is 5.17. The van der Waals surface area contributed by atoms with Gasteiger partial charge in [-0.2, -0.15) is 0 Å². The van der Waals surface area contributed by atoms with E-state index >= 15 is 0 Å². The van der Waals surface area contributed by atoms with Gasteiger partial charge in [0.05, 0.1) is 31.0 Å². The molecule has 0 aliphatic heterocycles. The Morgan fingerprint density at radius 3 is 1.08 bits per heavy atom. The largest absolute Gasteiger partial charge is 0.464 e. The van der Waals surface area contributed by atoms with Crippen LogP contribution in [0.5, 0.6) is 0 Å². The normalized spacial score (nSPS) is 13.3. The molecule has 0 aromatic heterocycles. The molecule has 7 heteroatoms. The molecule has 0 fully saturated rings. The third-order valence-electron chi connectivity index (χ3n) is 9.95. The fraction of sp³-hybridized carbons (Fsp3) is 0.927. The van der Waals surface area contributed by atoms with Gasteiger partial charge in [0.2, 0.25) is 5.91 Å². The van der Waals surface area contributed by atoms with Gasteiger partial charge < -0.3 is 14.4 Å². The minimum atomic E-state index is -0.325. The van der Waals surface area contributed by atoms with Crippen LogP contribution < -0.4 is 0 Å². The zero-order valence-electron chi connectivity index (χ0n) is 33.0. The summed E-state index contributed by atoms with van der Waals surface area (Å²) in [7, 11) is 3.77. The monoisotopic (exact) mass is 681 g/mol. The first-order valence-electron chi connectivity index (χ1n) is 20.5. The lowest BCUT2D eigenvalue weighted by Gasteiger charge is -2.29. The highest BCUT2D eigenvalue weighted by atomic mass is 16.5. The number of nitrogens with zero attached hydrogens (tertiary/aromatic N) is 2. The molecule has 0 radical (unpaired) electrons. The molecule has 7 nitrogen and oxygen atoms in total. The number of unbranched alkanes of at least 4 members (excludes halogenated alkanes) is 16. The lowest BCUT2D eigenvalue weighted by molar-refractivity contribution is -0.153. The number of rotatable bonds is 34. The van der Waals surface area contributed by atoms with Crippen molar-refractivity contribution < 1.29 is 23.9 Å². The lowest BCUT2D eigenvalue weighted by Crippen LogP contribution is -2.47. The van der Waals surface area contributed by atoms with Crippen molar-refractivity contribution in [3.63, 3.8) is 0 Å². The van der Waals surface area contributed by atoms with Crippen LogP contribution >= 0.6 is 0 Å². The number of carbonyl (C=O) groups excluding carboxylic acids is 3. The molecule has 284 valence electrons. The summed E-state index contributed by atoms with van der Waals surface area (Å²) in [6.45, 7) is 11.7. The second-order valence-electron chi connectivity index (χ2n) is 14.5. The van der Waals surface area contributed by atoms with Gasteiger partial charge in [0, 0.05) is 0 Å². The van der Waals surface area contributed by atoms with E-state index in [0.717, 1.165) is 64.2 Å². The Kier molecular flexibility index (Phi) is 31.5. The van der Waals surface area contributed by atoms with Crippen LogP contribution in [0.4, 0.5) is 0 Å². The Morgan fingerprint density at radius 2 is 0.771 bits per heavy atom. The summed E-state index contributed by atoms with van der Waals surface area (Å²) in [5.74, 6) is -0.432. The summed E-state index contributed by atoms with van der Waals surface area (Å²) in [5, 5.41) is 0. The van der Waals surface area contributed by atoms with Crippen molar-refractivity contribution >= 4 is 17.8 Å². The zero-order chi connectivity index (χ0) is 35.8. The van der Waals surface area contributed by atoms with Crippen molar-refractivity contribution in [3.8, 4) is 0 Å². The van der Waals surface area contributed by atoms with Crippen LogP contribution in [0.3, 0.4) is 0 Å². The van der Waals surface area contributed by atoms with Crippen molar-refractivity contribution in [1.29, 1.82) is 0 Å². The van der Waals surface area contributed by atoms with E-state index in [-0.39, 0.29) is 48.9 Å². The summed E-state index contributed by atoms with van der Waals surface area (Å²) < 4.78 is 11.7. The first-order valence-corrected chi connectivity index (χ1v) is 20.5. The number of likely N-dealkylation sites (N-methyl/N-ethyl adjacent to an activating group) is 1. The molecular formula is C41H80N2O5. The second-order valence-corrected chi connectivity index (χ2v) is 14.5. The van der Waals surface area contributed by atoms with Crippen LogP contribution in [0.25, 0.3) is 0 Å². The van der Waals surface area contributed by atoms with Crippen LogP contribution in [0.2, 0.25) is 0 Å². The van der Waals surface area contributed by atoms with Gasteiger partial charge in [0.25, 0.3) is 0 Å². The van der Waals surface area contributed by atoms with Crippen molar-refractivity contribution in [2.75, 3.05) is 40.4 Å². The highest BCUT2D eigenvalue weighted by Gasteiger charge is 2.25. The Hall–Kier alpha value is -1.63. The molecule has 48 heavy (non-hydrogen) atoms. The van der Waals surface area contributed by atoms with Gasteiger partial charge >= 0.3 is 11.9 Å². The average molecular weight is 681 g/mol. The summed E-state index contributed by atoms with van der Waals surface area (Å²) in [4.78, 5) is 43.5. The fourth-order valence-corrected chi connectivity index (χ4v) is 6.30. The smallest absolute Gasteiger partial charge is 0.308 e. The summed E-state index contributed by atoms with van der Waals surface area (Å²) in [5.41, 5.74) is 0. The van der Waals surface area contributed by atoms with Gasteiger partial charge in [-0.05, 0) is 46.7 Å². The van der Waals surface area contributed by atoms with E-state index in [1.165, 1.54) is 89.9 Å². The van der Waals surface area contributed by atoms with E-state index in [2.05, 4.69) is 27.7 Å². The van der Waals surface area contributed by atoms with Gasteiger partial charge in [-0.1, -0.05) is 156 Å². The van der Waals surface area contributed by atoms with Crippen molar-refractivity contribution in [1.82, 2.24) is 9.80 Å². The summed E-state index contributed by atoms with van der Waals surface area (Å²) >= 11 is 0. The molecule has 0 aromatic carbocycles. The number of hydrogen-bond acceptors (Lipinski definition) is 6. The van der Waals surface area contributed by atoms with Gasteiger partial charge in [-0.15, -0.1) is 0 Å². The number of carbonyl (C=O) groups is 3. The highest BCUT2D eigenvalue weighted by molar-refractivity contribution is 5.81. The molecule has 0 saturated carbocycles. The van der Waals surface area contributed by atoms with E-state index in [4.69, 9.17) is 9.47 Å². The molecular weight excluding hydrogens is 600 g/mol. The average Bonchev–Trinajstić information content (AvgIpc) is 3.07. The van der Waals surface area contributed by atoms with E-state index in [1.807, 2.05) is 25.9 Å². The molecule has 3 atom stereocenters. The van der Waals surface area contributed by atoms with Crippen LogP contribution in [0.15, 0.2) is 0 Å². The molecule has 0 bridgehead atoms. The number of ether oxygens (including phenoxy) is 2. The van der Waals surface area contributed by atoms with Crippen LogP contribution in [0, 0.1) is 11.8 Å². The van der Waals surface area contributed by atoms with E-state index in [0.29, 0.717) is 13.1 Å². The van der Waals surface area contributed by atoms with Gasteiger partial charge in [-0.3, -0.25) is 19.3 Å².